The molecule has 1 fully saturated rings. The fourth-order valence-electron chi connectivity index (χ4n) is 5.53. The Bertz CT molecular complexity index is 1840. The summed E-state index contributed by atoms with van der Waals surface area (Å²) < 4.78 is 70.8. The number of aliphatic hydroxyl groups excluding tert-OH is 1. The molecule has 3 atom stereocenters. The van der Waals surface area contributed by atoms with Gasteiger partial charge in [0.25, 0.3) is 0 Å². The summed E-state index contributed by atoms with van der Waals surface area (Å²) in [6.45, 7) is -2.70. The molecule has 1 aromatic carbocycles. The molecule has 3 aromatic heterocycles. The van der Waals surface area contributed by atoms with E-state index in [-0.39, 0.29) is 42.3 Å². The van der Waals surface area contributed by atoms with Gasteiger partial charge in [0.05, 0.1) is 23.2 Å². The van der Waals surface area contributed by atoms with Gasteiger partial charge in [-0.05, 0) is 43.2 Å². The third kappa shape index (κ3) is 6.82. The molecule has 1 unspecified atom stereocenters. The van der Waals surface area contributed by atoms with Crippen molar-refractivity contribution in [1.29, 1.82) is 0 Å². The van der Waals surface area contributed by atoms with Crippen LogP contribution in [0.5, 0.6) is 0 Å². The Hall–Kier alpha value is -3.63. The maximum absolute atomic E-state index is 14.0. The van der Waals surface area contributed by atoms with E-state index in [1.807, 2.05) is 4.90 Å². The van der Waals surface area contributed by atoms with Crippen LogP contribution >= 0.6 is 22.9 Å². The summed E-state index contributed by atoms with van der Waals surface area (Å²) >= 11 is 7.82. The molecule has 16 heteroatoms. The van der Waals surface area contributed by atoms with Gasteiger partial charge < -0.3 is 10.0 Å². The van der Waals surface area contributed by atoms with Gasteiger partial charge in [-0.25, -0.2) is 27.2 Å². The zero-order chi connectivity index (χ0) is 31.7. The molecule has 0 amide bonds. The van der Waals surface area contributed by atoms with Gasteiger partial charge in [0, 0.05) is 64.8 Å². The molecule has 45 heavy (non-hydrogen) atoms. The van der Waals surface area contributed by atoms with E-state index in [0.717, 1.165) is 12.3 Å². The molecule has 4 aromatic rings. The number of hydrogen-bond acceptors (Lipinski definition) is 9. The van der Waals surface area contributed by atoms with Gasteiger partial charge in [-0.15, -0.1) is 11.3 Å². The Morgan fingerprint density at radius 2 is 2.00 bits per heavy atom. The van der Waals surface area contributed by atoms with E-state index in [4.69, 9.17) is 16.6 Å². The second kappa shape index (κ2) is 13.0. The fourth-order valence-corrected chi connectivity index (χ4v) is 7.77. The lowest BCUT2D eigenvalue weighted by Crippen LogP contribution is -2.40. The number of aliphatic hydroxyl groups is 1. The topological polar surface area (TPSA) is 126 Å². The number of nitrogens with zero attached hydrogens (tertiary/aromatic N) is 6. The van der Waals surface area contributed by atoms with Crippen molar-refractivity contribution in [3.63, 3.8) is 0 Å². The van der Waals surface area contributed by atoms with Gasteiger partial charge in [0.15, 0.2) is 10.8 Å². The molecule has 10 nitrogen and oxygen atoms in total. The first-order chi connectivity index (χ1) is 21.6. The fraction of sp³-hybridized carbons (Fsp3) is 0.310. The Kier molecular flexibility index (Phi) is 9.06. The molecule has 0 radical (unpaired) electrons. The molecule has 5 heterocycles. The molecular formula is C29H27ClF3N7O3S2. The summed E-state index contributed by atoms with van der Waals surface area (Å²) in [6, 6.07) is 8.99. The van der Waals surface area contributed by atoms with E-state index in [1.54, 1.807) is 36.0 Å². The SMILES string of the molecule is O=S(=O)(CCCC(O)c1ccccn1)N[C@H]1CC2=C(c3ccn(C(F)F)n3)[C@H](c3ccc(F)cc3Cl)N=C(c3nccs3)N2C1. The van der Waals surface area contributed by atoms with Crippen LogP contribution in [0.1, 0.15) is 59.9 Å². The number of aromatic nitrogens is 4. The van der Waals surface area contributed by atoms with E-state index in [9.17, 15) is 26.7 Å². The number of hydrogen-bond donors (Lipinski definition) is 2. The standard InChI is InChI=1S/C29H27ClF3N7O3S2/c30-20-14-17(31)6-7-19(20)26-25(22-8-11-40(37-22)29(32)33)23-15-18(16-39(23)27(36-26)28-35-10-12-44-28)38-45(42,43)13-3-5-24(41)21-4-1-2-9-34-21/h1-2,4,6-12,14,18,24,26,29,38,41H,3,5,13,15-16H2/t18-,24?,26-/m0/s1. The van der Waals surface area contributed by atoms with Crippen molar-refractivity contribution < 1.29 is 26.7 Å². The van der Waals surface area contributed by atoms with Crippen LogP contribution in [-0.4, -0.2) is 62.3 Å². The lowest BCUT2D eigenvalue weighted by atomic mass is 9.92. The minimum absolute atomic E-state index is 0.0882. The summed E-state index contributed by atoms with van der Waals surface area (Å²) in [6.07, 6.45) is 4.01. The van der Waals surface area contributed by atoms with Gasteiger partial charge in [-0.1, -0.05) is 23.7 Å². The quantitative estimate of drug-likeness (QED) is 0.220. The first kappa shape index (κ1) is 31.4. The summed E-state index contributed by atoms with van der Waals surface area (Å²) in [4.78, 5) is 15.3. The third-order valence-electron chi connectivity index (χ3n) is 7.49. The zero-order valence-corrected chi connectivity index (χ0v) is 25.9. The van der Waals surface area contributed by atoms with Crippen molar-refractivity contribution in [2.75, 3.05) is 12.3 Å². The van der Waals surface area contributed by atoms with Crippen LogP contribution in [-0.2, 0) is 10.0 Å². The van der Waals surface area contributed by atoms with Gasteiger partial charge in [-0.2, -0.15) is 13.9 Å². The molecule has 2 aliphatic heterocycles. The Morgan fingerprint density at radius 1 is 1.16 bits per heavy atom. The Balaban J connectivity index is 1.32. The maximum atomic E-state index is 14.0. The number of rotatable bonds is 11. The number of halogens is 4. The summed E-state index contributed by atoms with van der Waals surface area (Å²) in [7, 11) is -3.79. The predicted octanol–water partition coefficient (Wildman–Crippen LogP) is 5.34. The number of alkyl halides is 2. The minimum atomic E-state index is -3.79. The highest BCUT2D eigenvalue weighted by atomic mass is 35.5. The molecule has 6 rings (SSSR count). The number of thiazole rings is 1. The molecule has 0 saturated carbocycles. The summed E-state index contributed by atoms with van der Waals surface area (Å²) in [5, 5.41) is 16.9. The zero-order valence-electron chi connectivity index (χ0n) is 23.5. The van der Waals surface area contributed by atoms with Gasteiger partial charge in [0.1, 0.15) is 11.9 Å². The van der Waals surface area contributed by atoms with Gasteiger partial charge in [-0.3, -0.25) is 9.98 Å². The number of pyridine rings is 1. The van der Waals surface area contributed by atoms with E-state index in [0.29, 0.717) is 38.1 Å². The first-order valence-corrected chi connectivity index (χ1v) is 16.9. The highest BCUT2D eigenvalue weighted by Crippen LogP contribution is 2.46. The molecule has 0 aliphatic carbocycles. The second-order valence-corrected chi connectivity index (χ2v) is 13.7. The highest BCUT2D eigenvalue weighted by molar-refractivity contribution is 7.89. The monoisotopic (exact) mass is 677 g/mol. The molecule has 0 spiro atoms. The van der Waals surface area contributed by atoms with Crippen molar-refractivity contribution >= 4 is 44.4 Å². The van der Waals surface area contributed by atoms with Crippen molar-refractivity contribution in [2.45, 2.75) is 44.0 Å². The smallest absolute Gasteiger partial charge is 0.333 e. The van der Waals surface area contributed by atoms with Gasteiger partial charge in [0.2, 0.25) is 10.0 Å². The number of fused-ring (bicyclic) bond motifs is 1. The molecule has 2 N–H and O–H groups in total. The van der Waals surface area contributed by atoms with E-state index >= 15 is 0 Å². The second-order valence-electron chi connectivity index (χ2n) is 10.5. The maximum Gasteiger partial charge on any atom is 0.333 e. The number of nitrogens with one attached hydrogen (secondary N) is 1. The molecular weight excluding hydrogens is 651 g/mol. The molecule has 236 valence electrons. The van der Waals surface area contributed by atoms with Crippen molar-refractivity contribution in [3.8, 4) is 0 Å². The van der Waals surface area contributed by atoms with E-state index in [1.165, 1.54) is 29.5 Å². The minimum Gasteiger partial charge on any atom is -0.387 e. The van der Waals surface area contributed by atoms with Crippen LogP contribution in [0, 0.1) is 5.82 Å². The number of amidine groups is 1. The Labute approximate surface area is 266 Å². The molecule has 0 bridgehead atoms. The van der Waals surface area contributed by atoms with Crippen LogP contribution < -0.4 is 4.72 Å². The number of benzene rings is 1. The number of aliphatic imine (C=N–C) groups is 1. The average Bonchev–Trinajstić information content (AvgIpc) is 3.78. The molecule has 2 aliphatic rings. The Morgan fingerprint density at radius 3 is 2.69 bits per heavy atom. The van der Waals surface area contributed by atoms with Crippen molar-refractivity contribution in [2.24, 2.45) is 4.99 Å². The van der Waals surface area contributed by atoms with Crippen LogP contribution in [0.2, 0.25) is 5.02 Å². The third-order valence-corrected chi connectivity index (χ3v) is 10.1. The lowest BCUT2D eigenvalue weighted by Gasteiger charge is -2.32. The van der Waals surface area contributed by atoms with Crippen LogP contribution in [0.3, 0.4) is 0 Å². The summed E-state index contributed by atoms with van der Waals surface area (Å²) in [5.74, 6) is -0.328. The molecule has 1 saturated heterocycles. The van der Waals surface area contributed by atoms with Crippen LogP contribution in [0.4, 0.5) is 13.2 Å². The van der Waals surface area contributed by atoms with Crippen LogP contribution in [0.25, 0.3) is 5.57 Å². The number of sulfonamides is 1. The summed E-state index contributed by atoms with van der Waals surface area (Å²) in [5.41, 5.74) is 2.15. The normalized spacial score (nSPS) is 19.2. The van der Waals surface area contributed by atoms with Crippen LogP contribution in [0.15, 0.2) is 77.1 Å². The lowest BCUT2D eigenvalue weighted by molar-refractivity contribution is 0.0564. The average molecular weight is 678 g/mol. The largest absolute Gasteiger partial charge is 0.387 e. The van der Waals surface area contributed by atoms with Crippen molar-refractivity contribution in [1.82, 2.24) is 29.4 Å². The first-order valence-electron chi connectivity index (χ1n) is 14.0. The predicted molar refractivity (Wildman–Crippen MR) is 164 cm³/mol. The van der Waals surface area contributed by atoms with E-state index < -0.39 is 40.6 Å². The van der Waals surface area contributed by atoms with E-state index in [2.05, 4.69) is 19.8 Å². The van der Waals surface area contributed by atoms with Gasteiger partial charge >= 0.3 is 6.55 Å². The highest BCUT2D eigenvalue weighted by Gasteiger charge is 2.42. The van der Waals surface area contributed by atoms with Crippen molar-refractivity contribution in [3.05, 3.63) is 105 Å².